The quantitative estimate of drug-likeness (QED) is 0.711. The summed E-state index contributed by atoms with van der Waals surface area (Å²) in [7, 11) is 1.68. The van der Waals surface area contributed by atoms with Crippen LogP contribution in [0.15, 0.2) is 4.42 Å². The van der Waals surface area contributed by atoms with Gasteiger partial charge in [0.1, 0.15) is 0 Å². The molecule has 0 bridgehead atoms. The number of nitrogens with one attached hydrogen (secondary N) is 2. The molecule has 0 radical (unpaired) electrons. The molecule has 0 aliphatic heterocycles. The first-order chi connectivity index (χ1) is 9.78. The topological polar surface area (TPSA) is 72.2 Å². The summed E-state index contributed by atoms with van der Waals surface area (Å²) in [5, 5.41) is 14.5. The van der Waals surface area contributed by atoms with E-state index in [1.807, 2.05) is 0 Å². The van der Waals surface area contributed by atoms with Crippen LogP contribution in [0.1, 0.15) is 38.5 Å². The summed E-state index contributed by atoms with van der Waals surface area (Å²) in [4.78, 5) is 0. The Labute approximate surface area is 120 Å². The molecule has 0 amide bonds. The van der Waals surface area contributed by atoms with Crippen molar-refractivity contribution in [3.63, 3.8) is 0 Å². The van der Waals surface area contributed by atoms with Crippen LogP contribution < -0.4 is 10.6 Å². The molecule has 1 fully saturated rings. The smallest absolute Gasteiger partial charge is 0.315 e. The maximum atomic E-state index is 5.54. The SMILES string of the molecule is COCCNCc1nnc(NCC2CCC(C)CC2)o1. The Morgan fingerprint density at radius 1 is 1.25 bits per heavy atom. The molecule has 0 atom stereocenters. The molecule has 114 valence electrons. The number of nitrogens with zero attached hydrogens (tertiary/aromatic N) is 2. The number of ether oxygens (including phenoxy) is 1. The van der Waals surface area contributed by atoms with Crippen LogP contribution in [-0.4, -0.2) is 37.0 Å². The van der Waals surface area contributed by atoms with Crippen molar-refractivity contribution < 1.29 is 9.15 Å². The molecular weight excluding hydrogens is 256 g/mol. The lowest BCUT2D eigenvalue weighted by Crippen LogP contribution is -2.20. The van der Waals surface area contributed by atoms with E-state index in [4.69, 9.17) is 9.15 Å². The highest BCUT2D eigenvalue weighted by atomic mass is 16.5. The predicted octanol–water partition coefficient (Wildman–Crippen LogP) is 2.04. The van der Waals surface area contributed by atoms with E-state index < -0.39 is 0 Å². The predicted molar refractivity (Wildman–Crippen MR) is 77.5 cm³/mol. The molecule has 2 N–H and O–H groups in total. The van der Waals surface area contributed by atoms with Gasteiger partial charge in [-0.1, -0.05) is 24.9 Å². The maximum absolute atomic E-state index is 5.54. The molecule has 1 heterocycles. The average Bonchev–Trinajstić information content (AvgIpc) is 2.91. The van der Waals surface area contributed by atoms with Crippen LogP contribution in [0, 0.1) is 11.8 Å². The third kappa shape index (κ3) is 5.09. The third-order valence-corrected chi connectivity index (χ3v) is 3.90. The lowest BCUT2D eigenvalue weighted by atomic mass is 9.83. The highest BCUT2D eigenvalue weighted by Crippen LogP contribution is 2.28. The van der Waals surface area contributed by atoms with Gasteiger partial charge in [-0.25, -0.2) is 0 Å². The molecule has 6 nitrogen and oxygen atoms in total. The van der Waals surface area contributed by atoms with Gasteiger partial charge in [-0.05, 0) is 24.7 Å². The van der Waals surface area contributed by atoms with Crippen LogP contribution in [0.3, 0.4) is 0 Å². The number of hydrogen-bond acceptors (Lipinski definition) is 6. The summed E-state index contributed by atoms with van der Waals surface area (Å²) in [5.41, 5.74) is 0. The molecule has 1 saturated carbocycles. The molecule has 1 aromatic heterocycles. The Morgan fingerprint density at radius 3 is 2.80 bits per heavy atom. The van der Waals surface area contributed by atoms with Crippen molar-refractivity contribution >= 4 is 6.01 Å². The van der Waals surface area contributed by atoms with Crippen LogP contribution in [0.4, 0.5) is 6.01 Å². The Morgan fingerprint density at radius 2 is 2.05 bits per heavy atom. The minimum atomic E-state index is 0.534. The Balaban J connectivity index is 1.65. The summed E-state index contributed by atoms with van der Waals surface area (Å²) in [6.07, 6.45) is 5.27. The summed E-state index contributed by atoms with van der Waals surface area (Å²) in [6, 6.07) is 0.534. The first-order valence-electron chi connectivity index (χ1n) is 7.54. The number of rotatable bonds is 8. The van der Waals surface area contributed by atoms with Crippen LogP contribution in [0.2, 0.25) is 0 Å². The van der Waals surface area contributed by atoms with Crippen LogP contribution in [-0.2, 0) is 11.3 Å². The lowest BCUT2D eigenvalue weighted by Gasteiger charge is -2.25. The van der Waals surface area contributed by atoms with Gasteiger partial charge in [0, 0.05) is 20.2 Å². The largest absolute Gasteiger partial charge is 0.407 e. The molecule has 0 unspecified atom stereocenters. The zero-order valence-electron chi connectivity index (χ0n) is 12.5. The Bertz CT molecular complexity index is 375. The van der Waals surface area contributed by atoms with Gasteiger partial charge in [0.15, 0.2) is 0 Å². The highest BCUT2D eigenvalue weighted by molar-refractivity contribution is 5.16. The summed E-state index contributed by atoms with van der Waals surface area (Å²) in [6.45, 7) is 5.32. The molecule has 20 heavy (non-hydrogen) atoms. The maximum Gasteiger partial charge on any atom is 0.315 e. The molecule has 0 saturated heterocycles. The normalized spacial score (nSPS) is 22.9. The van der Waals surface area contributed by atoms with E-state index in [1.165, 1.54) is 25.7 Å². The van der Waals surface area contributed by atoms with E-state index in [0.717, 1.165) is 24.9 Å². The number of methoxy groups -OCH3 is 1. The van der Waals surface area contributed by atoms with E-state index >= 15 is 0 Å². The van der Waals surface area contributed by atoms with Crippen LogP contribution in [0.25, 0.3) is 0 Å². The summed E-state index contributed by atoms with van der Waals surface area (Å²) < 4.78 is 10.5. The van der Waals surface area contributed by atoms with Crippen molar-refractivity contribution in [3.05, 3.63) is 5.89 Å². The third-order valence-electron chi connectivity index (χ3n) is 3.90. The van der Waals surface area contributed by atoms with Gasteiger partial charge in [-0.2, -0.15) is 0 Å². The van der Waals surface area contributed by atoms with Crippen molar-refractivity contribution in [2.24, 2.45) is 11.8 Å². The molecule has 1 aliphatic carbocycles. The van der Waals surface area contributed by atoms with Gasteiger partial charge >= 0.3 is 6.01 Å². The van der Waals surface area contributed by atoms with E-state index in [0.29, 0.717) is 25.1 Å². The van der Waals surface area contributed by atoms with Gasteiger partial charge in [0.05, 0.1) is 13.2 Å². The second-order valence-corrected chi connectivity index (χ2v) is 5.68. The molecule has 2 rings (SSSR count). The van der Waals surface area contributed by atoms with Gasteiger partial charge in [0.25, 0.3) is 0 Å². The fourth-order valence-electron chi connectivity index (χ4n) is 2.53. The molecule has 1 aliphatic rings. The van der Waals surface area contributed by atoms with E-state index in [-0.39, 0.29) is 0 Å². The Hall–Kier alpha value is -1.14. The summed E-state index contributed by atoms with van der Waals surface area (Å²) >= 11 is 0. The first-order valence-corrected chi connectivity index (χ1v) is 7.54. The van der Waals surface area contributed by atoms with Crippen LogP contribution in [0.5, 0.6) is 0 Å². The van der Waals surface area contributed by atoms with Crippen molar-refractivity contribution in [3.8, 4) is 0 Å². The van der Waals surface area contributed by atoms with Crippen molar-refractivity contribution in [2.45, 2.75) is 39.2 Å². The lowest BCUT2D eigenvalue weighted by molar-refractivity contribution is 0.198. The molecule has 0 aromatic carbocycles. The minimum Gasteiger partial charge on any atom is -0.407 e. The van der Waals surface area contributed by atoms with Crippen LogP contribution >= 0.6 is 0 Å². The molecule has 6 heteroatoms. The first kappa shape index (κ1) is 15.3. The molecule has 1 aromatic rings. The fourth-order valence-corrected chi connectivity index (χ4v) is 2.53. The highest BCUT2D eigenvalue weighted by Gasteiger charge is 2.18. The number of hydrogen-bond donors (Lipinski definition) is 2. The van der Waals surface area contributed by atoms with E-state index in [1.54, 1.807) is 7.11 Å². The fraction of sp³-hybridized carbons (Fsp3) is 0.857. The second-order valence-electron chi connectivity index (χ2n) is 5.68. The van der Waals surface area contributed by atoms with Crippen molar-refractivity contribution in [2.75, 3.05) is 32.1 Å². The van der Waals surface area contributed by atoms with E-state index in [2.05, 4.69) is 27.8 Å². The number of aromatic nitrogens is 2. The summed E-state index contributed by atoms with van der Waals surface area (Å²) in [5.74, 6) is 2.24. The van der Waals surface area contributed by atoms with Gasteiger partial charge < -0.3 is 19.8 Å². The van der Waals surface area contributed by atoms with Gasteiger partial charge in [0.2, 0.25) is 5.89 Å². The molecule has 0 spiro atoms. The molecular formula is C14H26N4O2. The standard InChI is InChI=1S/C14H26N4O2/c1-11-3-5-12(6-4-11)9-16-14-18-17-13(20-14)10-15-7-8-19-2/h11-12,15H,3-10H2,1-2H3,(H,16,18). The monoisotopic (exact) mass is 282 g/mol. The second kappa shape index (κ2) is 8.21. The van der Waals surface area contributed by atoms with E-state index in [9.17, 15) is 0 Å². The number of anilines is 1. The van der Waals surface area contributed by atoms with Crippen molar-refractivity contribution in [1.82, 2.24) is 15.5 Å². The zero-order chi connectivity index (χ0) is 14.2. The van der Waals surface area contributed by atoms with Crippen molar-refractivity contribution in [1.29, 1.82) is 0 Å². The average molecular weight is 282 g/mol. The van der Waals surface area contributed by atoms with Gasteiger partial charge in [-0.3, -0.25) is 0 Å². The minimum absolute atomic E-state index is 0.534. The van der Waals surface area contributed by atoms with Gasteiger partial charge in [-0.15, -0.1) is 5.10 Å². The Kier molecular flexibility index (Phi) is 6.26. The zero-order valence-corrected chi connectivity index (χ0v) is 12.5.